The Labute approximate surface area is 386 Å². The number of nitrogens with zero attached hydrogens (tertiary/aromatic N) is 2. The molecule has 4 aliphatic rings. The van der Waals surface area contributed by atoms with Gasteiger partial charge in [-0.1, -0.05) is 191 Å². The molecule has 2 aliphatic heterocycles. The van der Waals surface area contributed by atoms with Gasteiger partial charge >= 0.3 is 6.85 Å². The normalized spacial score (nSPS) is 15.7. The summed E-state index contributed by atoms with van der Waals surface area (Å²) in [5.74, 6) is 0. The maximum Gasteiger partial charge on any atom is 0.333 e. The molecular weight excluding hydrogens is 784 g/mol. The molecule has 8 aromatic rings. The second-order valence-electron chi connectivity index (χ2n) is 22.2. The van der Waals surface area contributed by atoms with Gasteiger partial charge in [-0.05, 0) is 131 Å². The number of benzene rings is 8. The van der Waals surface area contributed by atoms with Crippen LogP contribution in [0.2, 0.25) is 0 Å². The molecule has 8 aromatic carbocycles. The second kappa shape index (κ2) is 13.5. The number of para-hydroxylation sites is 1. The summed E-state index contributed by atoms with van der Waals surface area (Å²) >= 11 is 0. The van der Waals surface area contributed by atoms with E-state index in [4.69, 9.17) is 0 Å². The zero-order chi connectivity index (χ0) is 44.9. The summed E-state index contributed by atoms with van der Waals surface area (Å²) in [7, 11) is 0. The third-order valence-corrected chi connectivity index (χ3v) is 15.5. The number of hydrogen-bond acceptors (Lipinski definition) is 2. The predicted octanol–water partition coefficient (Wildman–Crippen LogP) is 15.3. The molecule has 2 aliphatic carbocycles. The molecular formula is C62H57BN2. The Kier molecular flexibility index (Phi) is 8.29. The van der Waals surface area contributed by atoms with Crippen molar-refractivity contribution in [2.45, 2.75) is 90.9 Å². The van der Waals surface area contributed by atoms with Crippen LogP contribution in [0.1, 0.15) is 103 Å². The van der Waals surface area contributed by atoms with Crippen LogP contribution in [0.4, 0.5) is 28.4 Å². The van der Waals surface area contributed by atoms with E-state index in [-0.39, 0.29) is 28.5 Å². The molecule has 0 saturated heterocycles. The van der Waals surface area contributed by atoms with Gasteiger partial charge in [0, 0.05) is 44.7 Å². The van der Waals surface area contributed by atoms with Crippen molar-refractivity contribution in [1.82, 2.24) is 0 Å². The van der Waals surface area contributed by atoms with Gasteiger partial charge in [0.15, 0.2) is 0 Å². The summed E-state index contributed by atoms with van der Waals surface area (Å²) in [4.78, 5) is 5.37. The fraction of sp³-hybridized carbons (Fsp3) is 0.226. The Hall–Kier alpha value is -6.58. The molecule has 0 bridgehead atoms. The molecule has 12 rings (SSSR count). The molecule has 0 atom stereocenters. The van der Waals surface area contributed by atoms with Crippen LogP contribution in [0.5, 0.6) is 0 Å². The van der Waals surface area contributed by atoms with E-state index in [1.165, 1.54) is 117 Å². The van der Waals surface area contributed by atoms with Crippen molar-refractivity contribution in [3.8, 4) is 44.5 Å². The van der Waals surface area contributed by atoms with Crippen LogP contribution in [-0.2, 0) is 21.7 Å². The Morgan fingerprint density at radius 3 is 1.66 bits per heavy atom. The Bertz CT molecular complexity index is 3280. The van der Waals surface area contributed by atoms with Crippen molar-refractivity contribution in [3.05, 3.63) is 197 Å². The third-order valence-electron chi connectivity index (χ3n) is 15.5. The zero-order valence-electron chi connectivity index (χ0n) is 39.6. The highest BCUT2D eigenvalue weighted by atomic mass is 15.2. The summed E-state index contributed by atoms with van der Waals surface area (Å²) < 4.78 is 0. The average Bonchev–Trinajstić information content (AvgIpc) is 3.66. The fourth-order valence-corrected chi connectivity index (χ4v) is 12.2. The molecule has 0 unspecified atom stereocenters. The maximum absolute atomic E-state index is 2.69. The first-order valence-corrected chi connectivity index (χ1v) is 23.6. The first kappa shape index (κ1) is 40.0. The van der Waals surface area contributed by atoms with Gasteiger partial charge in [-0.3, -0.25) is 0 Å². The van der Waals surface area contributed by atoms with E-state index in [2.05, 4.69) is 243 Å². The summed E-state index contributed by atoms with van der Waals surface area (Å²) in [5.41, 5.74) is 27.2. The highest BCUT2D eigenvalue weighted by molar-refractivity contribution is 6.93. The third kappa shape index (κ3) is 5.60. The van der Waals surface area contributed by atoms with E-state index >= 15 is 0 Å². The van der Waals surface area contributed by atoms with E-state index in [1.807, 2.05) is 0 Å². The smallest absolute Gasteiger partial charge is 0.333 e. The average molecular weight is 841 g/mol. The van der Waals surface area contributed by atoms with Crippen molar-refractivity contribution in [2.75, 3.05) is 9.71 Å². The second-order valence-corrected chi connectivity index (χ2v) is 22.2. The van der Waals surface area contributed by atoms with Crippen LogP contribution in [0.25, 0.3) is 44.5 Å². The molecule has 0 amide bonds. The van der Waals surface area contributed by atoms with Gasteiger partial charge in [-0.15, -0.1) is 0 Å². The minimum atomic E-state index is -0.222. The topological polar surface area (TPSA) is 6.48 Å². The standard InChI is InChI=1S/C62H57BN2/c1-59(2,3)39-28-31-41(32-29-39)65-53-27-19-16-24-44(53)56-57-47(43-23-15-18-26-49(43)62(57,9)10)36-55-58(56)63(65)51-37-50-46(42-22-14-17-25-48(42)61(50,7)8)35-54(51)64(55)52-33-30-40(60(4,5)6)34-45(52)38-20-12-11-13-21-38/h11-37H,1-10H3. The van der Waals surface area contributed by atoms with Crippen molar-refractivity contribution in [3.63, 3.8) is 0 Å². The van der Waals surface area contributed by atoms with Crippen LogP contribution >= 0.6 is 0 Å². The molecule has 65 heavy (non-hydrogen) atoms. The van der Waals surface area contributed by atoms with E-state index in [0.29, 0.717) is 0 Å². The molecule has 0 radical (unpaired) electrons. The summed E-state index contributed by atoms with van der Waals surface area (Å²) in [6.45, 7) is 23.6. The number of fused-ring (bicyclic) bond motifs is 11. The molecule has 0 aromatic heterocycles. The lowest BCUT2D eigenvalue weighted by Gasteiger charge is -2.47. The number of anilines is 5. The van der Waals surface area contributed by atoms with Crippen molar-refractivity contribution < 1.29 is 0 Å². The lowest BCUT2D eigenvalue weighted by molar-refractivity contribution is 0.590. The van der Waals surface area contributed by atoms with Gasteiger partial charge in [0.05, 0.1) is 5.69 Å². The highest BCUT2D eigenvalue weighted by Gasteiger charge is 2.51. The predicted molar refractivity (Wildman–Crippen MR) is 278 cm³/mol. The van der Waals surface area contributed by atoms with E-state index < -0.39 is 0 Å². The molecule has 3 heteroatoms. The number of hydrogen-bond donors (Lipinski definition) is 0. The van der Waals surface area contributed by atoms with Crippen LogP contribution in [0.15, 0.2) is 164 Å². The molecule has 2 heterocycles. The largest absolute Gasteiger partial charge is 0.376 e. The molecule has 318 valence electrons. The van der Waals surface area contributed by atoms with Crippen LogP contribution in [0.3, 0.4) is 0 Å². The van der Waals surface area contributed by atoms with Crippen molar-refractivity contribution >= 4 is 46.2 Å². The lowest BCUT2D eigenvalue weighted by Crippen LogP contribution is -2.62. The lowest BCUT2D eigenvalue weighted by atomic mass is 9.42. The van der Waals surface area contributed by atoms with E-state index in [1.54, 1.807) is 0 Å². The Balaban J connectivity index is 1.26. The summed E-state index contributed by atoms with van der Waals surface area (Å²) in [5, 5.41) is 0. The molecule has 0 saturated carbocycles. The van der Waals surface area contributed by atoms with Crippen LogP contribution < -0.4 is 20.6 Å². The van der Waals surface area contributed by atoms with Crippen molar-refractivity contribution in [1.29, 1.82) is 0 Å². The van der Waals surface area contributed by atoms with Gasteiger partial charge in [0.2, 0.25) is 0 Å². The van der Waals surface area contributed by atoms with Gasteiger partial charge < -0.3 is 9.71 Å². The fourth-order valence-electron chi connectivity index (χ4n) is 12.2. The van der Waals surface area contributed by atoms with Gasteiger partial charge in [0.1, 0.15) is 0 Å². The first-order valence-electron chi connectivity index (χ1n) is 23.6. The van der Waals surface area contributed by atoms with Crippen LogP contribution in [-0.4, -0.2) is 6.85 Å². The summed E-state index contributed by atoms with van der Waals surface area (Å²) in [6.07, 6.45) is 0. The SMILES string of the molecule is CC(C)(C)c1ccc(N2B3c4cc5c(cc4N(c4ccc(C(C)(C)C)cc4-c4ccccc4)c4cc6c(c(c43)-c3ccccc32)C(C)(C)c2ccccc2-6)-c2ccccc2C5(C)C)cc1. The van der Waals surface area contributed by atoms with E-state index in [9.17, 15) is 0 Å². The minimum absolute atomic E-state index is 0.0299. The van der Waals surface area contributed by atoms with Crippen LogP contribution in [0, 0.1) is 0 Å². The van der Waals surface area contributed by atoms with Crippen molar-refractivity contribution in [2.24, 2.45) is 0 Å². The van der Waals surface area contributed by atoms with Gasteiger partial charge in [0.25, 0.3) is 0 Å². The minimum Gasteiger partial charge on any atom is -0.376 e. The Morgan fingerprint density at radius 2 is 0.985 bits per heavy atom. The van der Waals surface area contributed by atoms with E-state index in [0.717, 1.165) is 0 Å². The quantitative estimate of drug-likeness (QED) is 0.164. The zero-order valence-corrected chi connectivity index (χ0v) is 39.6. The highest BCUT2D eigenvalue weighted by Crippen LogP contribution is 2.59. The summed E-state index contributed by atoms with van der Waals surface area (Å²) in [6, 6.07) is 63.2. The molecule has 0 N–H and O–H groups in total. The number of rotatable bonds is 3. The molecule has 2 nitrogen and oxygen atoms in total. The van der Waals surface area contributed by atoms with Gasteiger partial charge in [-0.25, -0.2) is 0 Å². The maximum atomic E-state index is 2.69. The molecule has 0 spiro atoms. The molecule has 0 fully saturated rings. The monoisotopic (exact) mass is 840 g/mol. The van der Waals surface area contributed by atoms with Gasteiger partial charge in [-0.2, -0.15) is 0 Å². The first-order chi connectivity index (χ1) is 31.0. The Morgan fingerprint density at radius 1 is 0.415 bits per heavy atom.